The molecule has 2 rings (SSSR count). The first kappa shape index (κ1) is 9.81. The minimum absolute atomic E-state index is 0.0777. The Labute approximate surface area is 92.2 Å². The molecule has 2 nitrogen and oxygen atoms in total. The number of benzene rings is 1. The number of halogens is 2. The average molecular weight is 230 g/mol. The summed E-state index contributed by atoms with van der Waals surface area (Å²) in [4.78, 5) is 11.5. The lowest BCUT2D eigenvalue weighted by Gasteiger charge is -2.03. The molecule has 1 amide bonds. The van der Waals surface area contributed by atoms with E-state index in [1.54, 1.807) is 18.2 Å². The molecule has 14 heavy (non-hydrogen) atoms. The number of amides is 1. The van der Waals surface area contributed by atoms with E-state index in [0.717, 1.165) is 12.8 Å². The molecule has 0 aromatic heterocycles. The predicted octanol–water partition coefficient (Wildman–Crippen LogP) is 2.89. The highest BCUT2D eigenvalue weighted by Gasteiger charge is 2.23. The normalized spacial score (nSPS) is 15.3. The van der Waals surface area contributed by atoms with E-state index in [1.165, 1.54) is 0 Å². The first-order chi connectivity index (χ1) is 6.66. The standard InChI is InChI=1S/C10H9Cl2NO/c11-8-4-1-6(5-9(8)12)10(14)13-7-2-3-7/h1,4-5,7H,2-3H2,(H,13,14). The quantitative estimate of drug-likeness (QED) is 0.831. The maximum atomic E-state index is 11.5. The number of hydrogen-bond acceptors (Lipinski definition) is 1. The van der Waals surface area contributed by atoms with Crippen LogP contribution in [-0.4, -0.2) is 11.9 Å². The van der Waals surface area contributed by atoms with Gasteiger partial charge in [0.1, 0.15) is 0 Å². The van der Waals surface area contributed by atoms with E-state index in [4.69, 9.17) is 23.2 Å². The van der Waals surface area contributed by atoms with Crippen molar-refractivity contribution in [1.82, 2.24) is 5.32 Å². The van der Waals surface area contributed by atoms with Crippen LogP contribution in [0.4, 0.5) is 0 Å². The van der Waals surface area contributed by atoms with Crippen molar-refractivity contribution in [2.24, 2.45) is 0 Å². The maximum absolute atomic E-state index is 11.5. The summed E-state index contributed by atoms with van der Waals surface area (Å²) in [5, 5.41) is 3.76. The summed E-state index contributed by atoms with van der Waals surface area (Å²) >= 11 is 11.5. The van der Waals surface area contributed by atoms with E-state index in [0.29, 0.717) is 21.7 Å². The molecule has 4 heteroatoms. The topological polar surface area (TPSA) is 29.1 Å². The number of carbonyl (C=O) groups excluding carboxylic acids is 1. The van der Waals surface area contributed by atoms with Crippen molar-refractivity contribution in [3.05, 3.63) is 33.8 Å². The summed E-state index contributed by atoms with van der Waals surface area (Å²) in [6.07, 6.45) is 2.15. The van der Waals surface area contributed by atoms with Crippen molar-refractivity contribution < 1.29 is 4.79 Å². The molecule has 0 aliphatic heterocycles. The third-order valence-corrected chi connectivity index (χ3v) is 2.83. The largest absolute Gasteiger partial charge is 0.349 e. The summed E-state index contributed by atoms with van der Waals surface area (Å²) in [5.41, 5.74) is 0.561. The van der Waals surface area contributed by atoms with Crippen LogP contribution >= 0.6 is 23.2 Å². The Kier molecular flexibility index (Phi) is 2.66. The third kappa shape index (κ3) is 2.20. The fraction of sp³-hybridized carbons (Fsp3) is 0.300. The zero-order valence-electron chi connectivity index (χ0n) is 7.39. The van der Waals surface area contributed by atoms with Gasteiger partial charge in [-0.05, 0) is 31.0 Å². The van der Waals surface area contributed by atoms with Gasteiger partial charge in [0.2, 0.25) is 0 Å². The summed E-state index contributed by atoms with van der Waals surface area (Å²) in [7, 11) is 0. The van der Waals surface area contributed by atoms with Crippen LogP contribution in [0.2, 0.25) is 10.0 Å². The van der Waals surface area contributed by atoms with Gasteiger partial charge in [-0.3, -0.25) is 4.79 Å². The fourth-order valence-electron chi connectivity index (χ4n) is 1.13. The molecule has 1 aromatic rings. The molecule has 0 heterocycles. The van der Waals surface area contributed by atoms with Crippen molar-refractivity contribution in [3.63, 3.8) is 0 Å². The van der Waals surface area contributed by atoms with E-state index in [2.05, 4.69) is 5.32 Å². The molecule has 1 aromatic carbocycles. The second-order valence-electron chi connectivity index (χ2n) is 3.38. The smallest absolute Gasteiger partial charge is 0.251 e. The number of nitrogens with one attached hydrogen (secondary N) is 1. The van der Waals surface area contributed by atoms with Gasteiger partial charge in [-0.1, -0.05) is 23.2 Å². The lowest BCUT2D eigenvalue weighted by Crippen LogP contribution is -2.25. The Morgan fingerprint density at radius 1 is 1.29 bits per heavy atom. The van der Waals surface area contributed by atoms with Crippen LogP contribution in [0.3, 0.4) is 0 Å². The van der Waals surface area contributed by atoms with E-state index in [-0.39, 0.29) is 5.91 Å². The van der Waals surface area contributed by atoms with Gasteiger partial charge < -0.3 is 5.32 Å². The fourth-order valence-corrected chi connectivity index (χ4v) is 1.43. The van der Waals surface area contributed by atoms with Crippen LogP contribution < -0.4 is 5.32 Å². The van der Waals surface area contributed by atoms with Crippen molar-refractivity contribution >= 4 is 29.1 Å². The van der Waals surface area contributed by atoms with Crippen LogP contribution in [-0.2, 0) is 0 Å². The van der Waals surface area contributed by atoms with Crippen LogP contribution in [0.15, 0.2) is 18.2 Å². The first-order valence-electron chi connectivity index (χ1n) is 4.43. The molecule has 0 unspecified atom stereocenters. The van der Waals surface area contributed by atoms with E-state index in [1.807, 2.05) is 0 Å². The maximum Gasteiger partial charge on any atom is 0.251 e. The minimum atomic E-state index is -0.0777. The molecule has 74 valence electrons. The molecule has 1 aliphatic carbocycles. The van der Waals surface area contributed by atoms with Gasteiger partial charge in [0.15, 0.2) is 0 Å². The van der Waals surface area contributed by atoms with Gasteiger partial charge in [0.05, 0.1) is 10.0 Å². The van der Waals surface area contributed by atoms with Gasteiger partial charge in [0, 0.05) is 11.6 Å². The third-order valence-electron chi connectivity index (χ3n) is 2.09. The number of hydrogen-bond donors (Lipinski definition) is 1. The van der Waals surface area contributed by atoms with Gasteiger partial charge >= 0.3 is 0 Å². The van der Waals surface area contributed by atoms with Crippen molar-refractivity contribution in [1.29, 1.82) is 0 Å². The summed E-state index contributed by atoms with van der Waals surface area (Å²) in [6, 6.07) is 5.25. The van der Waals surface area contributed by atoms with Crippen LogP contribution in [0, 0.1) is 0 Å². The van der Waals surface area contributed by atoms with Crippen LogP contribution in [0.5, 0.6) is 0 Å². The van der Waals surface area contributed by atoms with E-state index >= 15 is 0 Å². The van der Waals surface area contributed by atoms with Gasteiger partial charge in [-0.2, -0.15) is 0 Å². The Balaban J connectivity index is 2.14. The Bertz CT molecular complexity index is 374. The molecular weight excluding hydrogens is 221 g/mol. The molecule has 1 aliphatic rings. The first-order valence-corrected chi connectivity index (χ1v) is 5.18. The Morgan fingerprint density at radius 3 is 2.57 bits per heavy atom. The second-order valence-corrected chi connectivity index (χ2v) is 4.19. The predicted molar refractivity (Wildman–Crippen MR) is 57.0 cm³/mol. The van der Waals surface area contributed by atoms with Crippen molar-refractivity contribution in [3.8, 4) is 0 Å². The number of rotatable bonds is 2. The summed E-state index contributed by atoms with van der Waals surface area (Å²) < 4.78 is 0. The molecule has 0 atom stereocenters. The molecule has 1 fully saturated rings. The molecule has 0 bridgehead atoms. The highest BCUT2D eigenvalue weighted by atomic mass is 35.5. The Hall–Kier alpha value is -0.730. The molecule has 0 spiro atoms. The Morgan fingerprint density at radius 2 is 2.00 bits per heavy atom. The van der Waals surface area contributed by atoms with E-state index < -0.39 is 0 Å². The zero-order chi connectivity index (χ0) is 10.1. The highest BCUT2D eigenvalue weighted by molar-refractivity contribution is 6.42. The lowest BCUT2D eigenvalue weighted by molar-refractivity contribution is 0.0951. The monoisotopic (exact) mass is 229 g/mol. The molecule has 1 N–H and O–H groups in total. The molecule has 0 radical (unpaired) electrons. The van der Waals surface area contributed by atoms with Gasteiger partial charge in [-0.15, -0.1) is 0 Å². The van der Waals surface area contributed by atoms with Gasteiger partial charge in [-0.25, -0.2) is 0 Å². The van der Waals surface area contributed by atoms with Crippen molar-refractivity contribution in [2.75, 3.05) is 0 Å². The summed E-state index contributed by atoms with van der Waals surface area (Å²) in [5.74, 6) is -0.0777. The zero-order valence-corrected chi connectivity index (χ0v) is 8.90. The SMILES string of the molecule is O=C(NC1CC1)c1ccc(Cl)c(Cl)c1. The van der Waals surface area contributed by atoms with E-state index in [9.17, 15) is 4.79 Å². The molecule has 0 saturated heterocycles. The second kappa shape index (κ2) is 3.79. The minimum Gasteiger partial charge on any atom is -0.349 e. The van der Waals surface area contributed by atoms with Crippen LogP contribution in [0.1, 0.15) is 23.2 Å². The summed E-state index contributed by atoms with van der Waals surface area (Å²) in [6.45, 7) is 0. The van der Waals surface area contributed by atoms with Crippen LogP contribution in [0.25, 0.3) is 0 Å². The molecular formula is C10H9Cl2NO. The van der Waals surface area contributed by atoms with Crippen molar-refractivity contribution in [2.45, 2.75) is 18.9 Å². The highest BCUT2D eigenvalue weighted by Crippen LogP contribution is 2.24. The lowest BCUT2D eigenvalue weighted by atomic mass is 10.2. The van der Waals surface area contributed by atoms with Gasteiger partial charge in [0.25, 0.3) is 5.91 Å². The molecule has 1 saturated carbocycles. The number of carbonyl (C=O) groups is 1. The average Bonchev–Trinajstić information content (AvgIpc) is 2.93.